The van der Waals surface area contributed by atoms with Crippen molar-refractivity contribution in [2.24, 2.45) is 0 Å². The Kier molecular flexibility index (Phi) is 5.80. The number of aryl methyl sites for hydroxylation is 1. The smallest absolute Gasteiger partial charge is 0.126 e. The van der Waals surface area contributed by atoms with Crippen molar-refractivity contribution in [3.05, 3.63) is 29.1 Å². The summed E-state index contributed by atoms with van der Waals surface area (Å²) < 4.78 is 13.9. The summed E-state index contributed by atoms with van der Waals surface area (Å²) in [6, 6.07) is 4.18. The van der Waals surface area contributed by atoms with Crippen molar-refractivity contribution in [1.82, 2.24) is 5.32 Å². The molecule has 19 heavy (non-hydrogen) atoms. The summed E-state index contributed by atoms with van der Waals surface area (Å²) in [4.78, 5) is 2.20. The third-order valence-corrected chi connectivity index (χ3v) is 3.63. The lowest BCUT2D eigenvalue weighted by molar-refractivity contribution is 0.558. The molecule has 3 heteroatoms. The monoisotopic (exact) mass is 266 g/mol. The predicted octanol–water partition coefficient (Wildman–Crippen LogP) is 4.04. The minimum Gasteiger partial charge on any atom is -0.372 e. The van der Waals surface area contributed by atoms with Crippen molar-refractivity contribution < 1.29 is 4.39 Å². The van der Waals surface area contributed by atoms with Crippen molar-refractivity contribution in [3.8, 4) is 0 Å². The molecule has 1 atom stereocenters. The van der Waals surface area contributed by atoms with Gasteiger partial charge in [0.1, 0.15) is 5.82 Å². The largest absolute Gasteiger partial charge is 0.372 e. The second kappa shape index (κ2) is 6.90. The van der Waals surface area contributed by atoms with E-state index in [-0.39, 0.29) is 11.9 Å². The van der Waals surface area contributed by atoms with Gasteiger partial charge in [0.2, 0.25) is 0 Å². The SMILES string of the molecule is CCCNC(C)c1cc(F)c(C)cc1N(C)C(C)C. The van der Waals surface area contributed by atoms with E-state index in [1.165, 1.54) is 0 Å². The van der Waals surface area contributed by atoms with Crippen LogP contribution in [0.2, 0.25) is 0 Å². The highest BCUT2D eigenvalue weighted by Crippen LogP contribution is 2.29. The number of hydrogen-bond acceptors (Lipinski definition) is 2. The molecule has 0 saturated heterocycles. The number of nitrogens with zero attached hydrogens (tertiary/aromatic N) is 1. The van der Waals surface area contributed by atoms with Crippen molar-refractivity contribution in [2.45, 2.75) is 53.1 Å². The summed E-state index contributed by atoms with van der Waals surface area (Å²) in [6.45, 7) is 11.3. The van der Waals surface area contributed by atoms with Crippen molar-refractivity contribution >= 4 is 5.69 Å². The Hall–Kier alpha value is -1.09. The van der Waals surface area contributed by atoms with Gasteiger partial charge in [0.05, 0.1) is 0 Å². The Labute approximate surface area is 117 Å². The second-order valence-corrected chi connectivity index (χ2v) is 5.54. The Bertz CT molecular complexity index is 415. The van der Waals surface area contributed by atoms with E-state index in [4.69, 9.17) is 0 Å². The van der Waals surface area contributed by atoms with Crippen LogP contribution in [0.1, 0.15) is 51.3 Å². The topological polar surface area (TPSA) is 15.3 Å². The van der Waals surface area contributed by atoms with Crippen LogP contribution in [0.15, 0.2) is 12.1 Å². The number of anilines is 1. The lowest BCUT2D eigenvalue weighted by Gasteiger charge is -2.29. The molecular weight excluding hydrogens is 239 g/mol. The van der Waals surface area contributed by atoms with Gasteiger partial charge in [0.25, 0.3) is 0 Å². The van der Waals surface area contributed by atoms with Crippen molar-refractivity contribution in [1.29, 1.82) is 0 Å². The van der Waals surface area contributed by atoms with E-state index < -0.39 is 0 Å². The van der Waals surface area contributed by atoms with Gasteiger partial charge in [-0.3, -0.25) is 0 Å². The second-order valence-electron chi connectivity index (χ2n) is 5.54. The molecule has 0 aliphatic carbocycles. The lowest BCUT2D eigenvalue weighted by atomic mass is 10.0. The molecule has 1 rings (SSSR count). The van der Waals surface area contributed by atoms with Crippen molar-refractivity contribution in [3.63, 3.8) is 0 Å². The minimum absolute atomic E-state index is 0.124. The molecule has 1 aromatic carbocycles. The minimum atomic E-state index is -0.124. The number of hydrogen-bond donors (Lipinski definition) is 1. The van der Waals surface area contributed by atoms with Gasteiger partial charge >= 0.3 is 0 Å². The molecule has 0 bridgehead atoms. The highest BCUT2D eigenvalue weighted by Gasteiger charge is 2.17. The van der Waals surface area contributed by atoms with Crippen LogP contribution in [0.4, 0.5) is 10.1 Å². The molecule has 0 aliphatic heterocycles. The number of benzene rings is 1. The molecule has 108 valence electrons. The van der Waals surface area contributed by atoms with Crippen LogP contribution in [0.25, 0.3) is 0 Å². The Morgan fingerprint density at radius 3 is 2.42 bits per heavy atom. The molecule has 2 nitrogen and oxygen atoms in total. The Morgan fingerprint density at radius 1 is 1.26 bits per heavy atom. The first-order valence-corrected chi connectivity index (χ1v) is 7.14. The van der Waals surface area contributed by atoms with Gasteiger partial charge in [0, 0.05) is 24.8 Å². The number of halogens is 1. The zero-order valence-corrected chi connectivity index (χ0v) is 13.0. The molecular formula is C16H27FN2. The molecule has 1 aromatic rings. The molecule has 0 saturated carbocycles. The van der Waals surface area contributed by atoms with Gasteiger partial charge in [-0.2, -0.15) is 0 Å². The zero-order chi connectivity index (χ0) is 14.6. The molecule has 1 unspecified atom stereocenters. The van der Waals surface area contributed by atoms with Crippen LogP contribution in [0.3, 0.4) is 0 Å². The summed E-state index contributed by atoms with van der Waals surface area (Å²) in [7, 11) is 2.06. The number of rotatable bonds is 6. The predicted molar refractivity (Wildman–Crippen MR) is 81.4 cm³/mol. The highest BCUT2D eigenvalue weighted by molar-refractivity contribution is 5.57. The normalized spacial score (nSPS) is 12.8. The fourth-order valence-electron chi connectivity index (χ4n) is 2.08. The van der Waals surface area contributed by atoms with E-state index in [9.17, 15) is 4.39 Å². The molecule has 0 spiro atoms. The maximum atomic E-state index is 13.9. The fraction of sp³-hybridized carbons (Fsp3) is 0.625. The van der Waals surface area contributed by atoms with Crippen LogP contribution >= 0.6 is 0 Å². The fourth-order valence-corrected chi connectivity index (χ4v) is 2.08. The van der Waals surface area contributed by atoms with Gasteiger partial charge < -0.3 is 10.2 Å². The first kappa shape index (κ1) is 16.0. The van der Waals surface area contributed by atoms with Crippen LogP contribution in [0.5, 0.6) is 0 Å². The van der Waals surface area contributed by atoms with Gasteiger partial charge in [0.15, 0.2) is 0 Å². The Morgan fingerprint density at radius 2 is 1.89 bits per heavy atom. The van der Waals surface area contributed by atoms with Gasteiger partial charge in [-0.1, -0.05) is 6.92 Å². The molecule has 0 fully saturated rings. The van der Waals surface area contributed by atoms with E-state index in [1.807, 2.05) is 13.0 Å². The van der Waals surface area contributed by atoms with E-state index in [1.54, 1.807) is 6.07 Å². The maximum absolute atomic E-state index is 13.9. The van der Waals surface area contributed by atoms with E-state index in [2.05, 4.69) is 45.0 Å². The lowest BCUT2D eigenvalue weighted by Crippen LogP contribution is -2.29. The molecule has 1 N–H and O–H groups in total. The standard InChI is InChI=1S/C16H27FN2/c1-7-8-18-13(5)14-10-15(17)12(4)9-16(14)19(6)11(2)3/h9-11,13,18H,7-8H2,1-6H3. The molecule has 0 radical (unpaired) electrons. The van der Waals surface area contributed by atoms with E-state index in [0.717, 1.165) is 24.2 Å². The summed E-state index contributed by atoms with van der Waals surface area (Å²) in [5.74, 6) is -0.124. The summed E-state index contributed by atoms with van der Waals surface area (Å²) in [5, 5.41) is 3.44. The molecule has 0 aliphatic rings. The molecule has 0 amide bonds. The quantitative estimate of drug-likeness (QED) is 0.836. The summed E-state index contributed by atoms with van der Waals surface area (Å²) in [5.41, 5.74) is 2.85. The van der Waals surface area contributed by atoms with Gasteiger partial charge in [-0.25, -0.2) is 4.39 Å². The third kappa shape index (κ3) is 3.93. The maximum Gasteiger partial charge on any atom is 0.126 e. The van der Waals surface area contributed by atoms with Crippen LogP contribution < -0.4 is 10.2 Å². The third-order valence-electron chi connectivity index (χ3n) is 3.63. The van der Waals surface area contributed by atoms with Crippen LogP contribution in [-0.2, 0) is 0 Å². The summed E-state index contributed by atoms with van der Waals surface area (Å²) in [6.07, 6.45) is 1.08. The number of nitrogens with one attached hydrogen (secondary N) is 1. The molecule has 0 aromatic heterocycles. The van der Waals surface area contributed by atoms with Crippen LogP contribution in [0, 0.1) is 12.7 Å². The van der Waals surface area contributed by atoms with E-state index in [0.29, 0.717) is 11.6 Å². The van der Waals surface area contributed by atoms with E-state index >= 15 is 0 Å². The van der Waals surface area contributed by atoms with Crippen molar-refractivity contribution in [2.75, 3.05) is 18.5 Å². The average Bonchev–Trinajstić information content (AvgIpc) is 2.37. The zero-order valence-electron chi connectivity index (χ0n) is 13.0. The van der Waals surface area contributed by atoms with Gasteiger partial charge in [-0.05, 0) is 63.9 Å². The van der Waals surface area contributed by atoms with Crippen LogP contribution in [-0.4, -0.2) is 19.6 Å². The van der Waals surface area contributed by atoms with Gasteiger partial charge in [-0.15, -0.1) is 0 Å². The molecule has 0 heterocycles. The summed E-state index contributed by atoms with van der Waals surface area (Å²) >= 11 is 0. The first-order valence-electron chi connectivity index (χ1n) is 7.14. The first-order chi connectivity index (χ1) is 8.88. The Balaban J connectivity index is 3.16. The average molecular weight is 266 g/mol. The highest BCUT2D eigenvalue weighted by atomic mass is 19.1.